The summed E-state index contributed by atoms with van der Waals surface area (Å²) in [6.07, 6.45) is 7.21. The van der Waals surface area contributed by atoms with Crippen LogP contribution in [0.5, 0.6) is 5.75 Å². The lowest BCUT2D eigenvalue weighted by molar-refractivity contribution is 0.288. The van der Waals surface area contributed by atoms with Crippen LogP contribution < -0.4 is 4.74 Å². The largest absolute Gasteiger partial charge is 0.489 e. The second kappa shape index (κ2) is 8.92. The van der Waals surface area contributed by atoms with Crippen molar-refractivity contribution in [2.24, 2.45) is 0 Å². The van der Waals surface area contributed by atoms with Gasteiger partial charge in [-0.3, -0.25) is 0 Å². The van der Waals surface area contributed by atoms with E-state index in [1.165, 1.54) is 31.7 Å². The lowest BCUT2D eigenvalue weighted by atomic mass is 10.1. The van der Waals surface area contributed by atoms with Crippen molar-refractivity contribution in [2.75, 3.05) is 6.61 Å². The van der Waals surface area contributed by atoms with Gasteiger partial charge in [-0.2, -0.15) is 0 Å². The first-order chi connectivity index (χ1) is 8.65. The van der Waals surface area contributed by atoms with Crippen LogP contribution >= 0.6 is 31.9 Å². The van der Waals surface area contributed by atoms with Crippen LogP contribution in [0.4, 0.5) is 4.39 Å². The second-order valence-electron chi connectivity index (χ2n) is 4.31. The van der Waals surface area contributed by atoms with E-state index in [2.05, 4.69) is 38.8 Å². The van der Waals surface area contributed by atoms with E-state index in [1.807, 2.05) is 0 Å². The molecule has 0 atom stereocenters. The maximum atomic E-state index is 13.6. The van der Waals surface area contributed by atoms with E-state index in [0.29, 0.717) is 21.3 Å². The summed E-state index contributed by atoms with van der Waals surface area (Å²) in [5.41, 5.74) is 0. The van der Waals surface area contributed by atoms with Crippen molar-refractivity contribution < 1.29 is 9.13 Å². The van der Waals surface area contributed by atoms with E-state index < -0.39 is 0 Å². The van der Waals surface area contributed by atoms with E-state index in [1.54, 1.807) is 6.07 Å². The molecule has 0 radical (unpaired) electrons. The topological polar surface area (TPSA) is 9.23 Å². The van der Waals surface area contributed by atoms with Crippen molar-refractivity contribution in [1.82, 2.24) is 0 Å². The number of hydrogen-bond acceptors (Lipinski definition) is 1. The smallest absolute Gasteiger partial charge is 0.169 e. The highest BCUT2D eigenvalue weighted by Gasteiger charge is 2.09. The lowest BCUT2D eigenvalue weighted by Crippen LogP contribution is -2.00. The third-order valence-electron chi connectivity index (χ3n) is 2.71. The maximum absolute atomic E-state index is 13.6. The lowest BCUT2D eigenvalue weighted by Gasteiger charge is -2.09. The van der Waals surface area contributed by atoms with Gasteiger partial charge in [0.25, 0.3) is 0 Å². The minimum absolute atomic E-state index is 0.312. The Kier molecular flexibility index (Phi) is 7.91. The summed E-state index contributed by atoms with van der Waals surface area (Å²) in [6.45, 7) is 2.78. The Hall–Kier alpha value is -0.0900. The highest BCUT2D eigenvalue weighted by atomic mass is 79.9. The second-order valence-corrected chi connectivity index (χ2v) is 6.08. The molecule has 0 unspecified atom stereocenters. The highest BCUT2D eigenvalue weighted by Crippen LogP contribution is 2.31. The SMILES string of the molecule is CCCCCCCCOc1c(F)cc(Br)cc1Br. The molecule has 102 valence electrons. The van der Waals surface area contributed by atoms with Crippen LogP contribution in [-0.4, -0.2) is 6.61 Å². The molecule has 0 bridgehead atoms. The summed E-state index contributed by atoms with van der Waals surface area (Å²) in [4.78, 5) is 0. The van der Waals surface area contributed by atoms with Gasteiger partial charge in [0, 0.05) is 4.47 Å². The first kappa shape index (κ1) is 16.0. The monoisotopic (exact) mass is 380 g/mol. The van der Waals surface area contributed by atoms with Crippen molar-refractivity contribution in [2.45, 2.75) is 45.4 Å². The Morgan fingerprint density at radius 1 is 1.06 bits per heavy atom. The van der Waals surface area contributed by atoms with Crippen molar-refractivity contribution in [3.05, 3.63) is 26.9 Å². The Labute approximate surface area is 125 Å². The molecule has 0 amide bonds. The maximum Gasteiger partial charge on any atom is 0.169 e. The fourth-order valence-corrected chi connectivity index (χ4v) is 3.01. The number of hydrogen-bond donors (Lipinski definition) is 0. The molecule has 1 aromatic carbocycles. The number of halogens is 3. The van der Waals surface area contributed by atoms with Crippen LogP contribution in [0.25, 0.3) is 0 Å². The predicted molar refractivity (Wildman–Crippen MR) is 80.7 cm³/mol. The molecule has 0 spiro atoms. The van der Waals surface area contributed by atoms with Crippen LogP contribution in [-0.2, 0) is 0 Å². The van der Waals surface area contributed by atoms with E-state index in [4.69, 9.17) is 4.74 Å². The summed E-state index contributed by atoms with van der Waals surface area (Å²) in [7, 11) is 0. The minimum Gasteiger partial charge on any atom is -0.489 e. The van der Waals surface area contributed by atoms with Crippen LogP contribution in [0.15, 0.2) is 21.1 Å². The van der Waals surface area contributed by atoms with Gasteiger partial charge in [0.15, 0.2) is 11.6 Å². The van der Waals surface area contributed by atoms with E-state index in [0.717, 1.165) is 12.8 Å². The molecule has 0 saturated carbocycles. The van der Waals surface area contributed by atoms with Crippen LogP contribution in [0.3, 0.4) is 0 Å². The fourth-order valence-electron chi connectivity index (χ4n) is 1.72. The molecule has 0 saturated heterocycles. The van der Waals surface area contributed by atoms with Crippen molar-refractivity contribution in [3.63, 3.8) is 0 Å². The van der Waals surface area contributed by atoms with Crippen LogP contribution in [0.2, 0.25) is 0 Å². The summed E-state index contributed by atoms with van der Waals surface area (Å²) >= 11 is 6.54. The first-order valence-electron chi connectivity index (χ1n) is 6.42. The standard InChI is InChI=1S/C14H19Br2FO/c1-2-3-4-5-6-7-8-18-14-12(16)9-11(15)10-13(14)17/h9-10H,2-8H2,1H3. The van der Waals surface area contributed by atoms with E-state index in [-0.39, 0.29) is 5.82 Å². The zero-order valence-corrected chi connectivity index (χ0v) is 13.8. The Morgan fingerprint density at radius 2 is 1.72 bits per heavy atom. The highest BCUT2D eigenvalue weighted by molar-refractivity contribution is 9.11. The molecule has 4 heteroatoms. The fraction of sp³-hybridized carbons (Fsp3) is 0.571. The Bertz CT molecular complexity index is 346. The van der Waals surface area contributed by atoms with Gasteiger partial charge in [-0.05, 0) is 34.5 Å². The van der Waals surface area contributed by atoms with E-state index >= 15 is 0 Å². The van der Waals surface area contributed by atoms with Gasteiger partial charge < -0.3 is 4.74 Å². The molecular formula is C14H19Br2FO. The van der Waals surface area contributed by atoms with Crippen molar-refractivity contribution in [1.29, 1.82) is 0 Å². The Balaban J connectivity index is 2.27. The molecular weight excluding hydrogens is 363 g/mol. The molecule has 0 aliphatic heterocycles. The molecule has 1 nitrogen and oxygen atoms in total. The zero-order chi connectivity index (χ0) is 13.4. The average Bonchev–Trinajstić information content (AvgIpc) is 2.30. The van der Waals surface area contributed by atoms with Crippen molar-refractivity contribution >= 4 is 31.9 Å². The molecule has 0 aliphatic carbocycles. The third-order valence-corrected chi connectivity index (χ3v) is 3.75. The molecule has 18 heavy (non-hydrogen) atoms. The molecule has 0 heterocycles. The summed E-state index contributed by atoms with van der Waals surface area (Å²) in [5, 5.41) is 0. The molecule has 1 aromatic rings. The minimum atomic E-state index is -0.331. The molecule has 0 fully saturated rings. The Morgan fingerprint density at radius 3 is 2.39 bits per heavy atom. The zero-order valence-electron chi connectivity index (χ0n) is 10.6. The van der Waals surface area contributed by atoms with Gasteiger partial charge in [-0.15, -0.1) is 0 Å². The van der Waals surface area contributed by atoms with Gasteiger partial charge in [0.05, 0.1) is 11.1 Å². The predicted octanol–water partition coefficient (Wildman–Crippen LogP) is 6.09. The van der Waals surface area contributed by atoms with Gasteiger partial charge >= 0.3 is 0 Å². The molecule has 0 aliphatic rings. The molecule has 0 aromatic heterocycles. The summed E-state index contributed by atoms with van der Waals surface area (Å²) < 4.78 is 20.4. The average molecular weight is 382 g/mol. The number of benzene rings is 1. The number of unbranched alkanes of at least 4 members (excludes halogenated alkanes) is 5. The number of ether oxygens (including phenoxy) is 1. The van der Waals surface area contributed by atoms with Crippen LogP contribution in [0.1, 0.15) is 45.4 Å². The van der Waals surface area contributed by atoms with Gasteiger partial charge in [0.2, 0.25) is 0 Å². The molecule has 1 rings (SSSR count). The third kappa shape index (κ3) is 5.70. The molecule has 0 N–H and O–H groups in total. The first-order valence-corrected chi connectivity index (χ1v) is 8.01. The van der Waals surface area contributed by atoms with Gasteiger partial charge in [-0.1, -0.05) is 55.0 Å². The summed E-state index contributed by atoms with van der Waals surface area (Å²) in [6, 6.07) is 3.21. The normalized spacial score (nSPS) is 10.7. The summed E-state index contributed by atoms with van der Waals surface area (Å²) in [5.74, 6) is -0.0195. The van der Waals surface area contributed by atoms with E-state index in [9.17, 15) is 4.39 Å². The quantitative estimate of drug-likeness (QED) is 0.495. The van der Waals surface area contributed by atoms with Crippen molar-refractivity contribution in [3.8, 4) is 5.75 Å². The van der Waals surface area contributed by atoms with Crippen LogP contribution in [0, 0.1) is 5.82 Å². The van der Waals surface area contributed by atoms with Gasteiger partial charge in [-0.25, -0.2) is 4.39 Å². The number of rotatable bonds is 8. The van der Waals surface area contributed by atoms with Gasteiger partial charge in [0.1, 0.15) is 0 Å².